The van der Waals surface area contributed by atoms with Crippen LogP contribution in [0.15, 0.2) is 55.1 Å². The van der Waals surface area contributed by atoms with Gasteiger partial charge in [-0.25, -0.2) is 8.42 Å². The van der Waals surface area contributed by atoms with E-state index in [0.717, 1.165) is 11.1 Å². The molecule has 0 spiro atoms. The van der Waals surface area contributed by atoms with Crippen molar-refractivity contribution in [1.29, 1.82) is 0 Å². The summed E-state index contributed by atoms with van der Waals surface area (Å²) in [5.74, 6) is 0.527. The lowest BCUT2D eigenvalue weighted by atomic mass is 10.1. The molecule has 0 saturated heterocycles. The highest BCUT2D eigenvalue weighted by molar-refractivity contribution is 7.92. The first-order chi connectivity index (χ1) is 13.7. The SMILES string of the molecule is C=CCOc1ccc(NC(=O)CCCN(c2cc(C)ccc2C)S(C)(=O)=O)cc1. The fraction of sp³-hybridized carbons (Fsp3) is 0.318. The summed E-state index contributed by atoms with van der Waals surface area (Å²) in [6, 6.07) is 12.8. The Hall–Kier alpha value is -2.80. The van der Waals surface area contributed by atoms with E-state index in [4.69, 9.17) is 4.74 Å². The van der Waals surface area contributed by atoms with E-state index in [1.807, 2.05) is 32.0 Å². The first-order valence-corrected chi connectivity index (χ1v) is 11.2. The van der Waals surface area contributed by atoms with E-state index in [9.17, 15) is 13.2 Å². The minimum Gasteiger partial charge on any atom is -0.490 e. The van der Waals surface area contributed by atoms with Crippen LogP contribution in [0.4, 0.5) is 11.4 Å². The lowest BCUT2D eigenvalue weighted by molar-refractivity contribution is -0.116. The van der Waals surface area contributed by atoms with Gasteiger partial charge >= 0.3 is 0 Å². The summed E-state index contributed by atoms with van der Waals surface area (Å²) in [4.78, 5) is 12.2. The van der Waals surface area contributed by atoms with Crippen molar-refractivity contribution in [2.45, 2.75) is 26.7 Å². The number of carbonyl (C=O) groups is 1. The van der Waals surface area contributed by atoms with Crippen LogP contribution in [0.25, 0.3) is 0 Å². The normalized spacial score (nSPS) is 11.0. The van der Waals surface area contributed by atoms with Crippen LogP contribution >= 0.6 is 0 Å². The number of carbonyl (C=O) groups excluding carboxylic acids is 1. The molecule has 0 saturated carbocycles. The molecule has 0 unspecified atom stereocenters. The van der Waals surface area contributed by atoms with E-state index in [1.165, 1.54) is 10.6 Å². The maximum atomic E-state index is 12.3. The average molecular weight is 417 g/mol. The van der Waals surface area contributed by atoms with E-state index in [0.29, 0.717) is 30.2 Å². The molecule has 0 fully saturated rings. The van der Waals surface area contributed by atoms with E-state index >= 15 is 0 Å². The number of nitrogens with one attached hydrogen (secondary N) is 1. The van der Waals surface area contributed by atoms with Crippen LogP contribution in [-0.2, 0) is 14.8 Å². The lowest BCUT2D eigenvalue weighted by Gasteiger charge is -2.24. The number of rotatable bonds is 10. The maximum Gasteiger partial charge on any atom is 0.232 e. The number of benzene rings is 2. The Balaban J connectivity index is 1.94. The molecule has 0 heterocycles. The number of aryl methyl sites for hydroxylation is 2. The van der Waals surface area contributed by atoms with Gasteiger partial charge in [-0.2, -0.15) is 0 Å². The maximum absolute atomic E-state index is 12.3. The third kappa shape index (κ3) is 6.94. The van der Waals surface area contributed by atoms with E-state index in [2.05, 4.69) is 11.9 Å². The highest BCUT2D eigenvalue weighted by Crippen LogP contribution is 2.24. The summed E-state index contributed by atoms with van der Waals surface area (Å²) in [6.07, 6.45) is 3.47. The summed E-state index contributed by atoms with van der Waals surface area (Å²) in [5.41, 5.74) is 3.18. The fourth-order valence-corrected chi connectivity index (χ4v) is 3.86. The minimum atomic E-state index is -3.45. The monoisotopic (exact) mass is 416 g/mol. The molecule has 0 bridgehead atoms. The van der Waals surface area contributed by atoms with Crippen LogP contribution in [0.1, 0.15) is 24.0 Å². The highest BCUT2D eigenvalue weighted by Gasteiger charge is 2.19. The number of hydrogen-bond acceptors (Lipinski definition) is 4. The van der Waals surface area contributed by atoms with Crippen LogP contribution in [0.3, 0.4) is 0 Å². The molecule has 0 aliphatic heterocycles. The highest BCUT2D eigenvalue weighted by atomic mass is 32.2. The number of nitrogens with zero attached hydrogens (tertiary/aromatic N) is 1. The largest absolute Gasteiger partial charge is 0.490 e. The Morgan fingerprint density at radius 1 is 1.17 bits per heavy atom. The quantitative estimate of drug-likeness (QED) is 0.593. The lowest BCUT2D eigenvalue weighted by Crippen LogP contribution is -2.32. The third-order valence-corrected chi connectivity index (χ3v) is 5.48. The second kappa shape index (κ2) is 10.1. The fourth-order valence-electron chi connectivity index (χ4n) is 2.85. The first-order valence-electron chi connectivity index (χ1n) is 9.39. The van der Waals surface area contributed by atoms with E-state index in [1.54, 1.807) is 30.3 Å². The second-order valence-corrected chi connectivity index (χ2v) is 8.81. The van der Waals surface area contributed by atoms with E-state index in [-0.39, 0.29) is 18.9 Å². The molecule has 0 atom stereocenters. The van der Waals surface area contributed by atoms with Crippen molar-refractivity contribution in [3.63, 3.8) is 0 Å². The van der Waals surface area contributed by atoms with Crippen LogP contribution < -0.4 is 14.4 Å². The third-order valence-electron chi connectivity index (χ3n) is 4.30. The van der Waals surface area contributed by atoms with Gasteiger partial charge in [0.25, 0.3) is 0 Å². The standard InChI is InChI=1S/C22H28N2O4S/c1-5-15-28-20-12-10-19(11-13-20)23-22(25)7-6-14-24(29(4,26)27)21-16-17(2)8-9-18(21)3/h5,8-13,16H,1,6-7,14-15H2,2-4H3,(H,23,25). The Kier molecular flexibility index (Phi) is 7.84. The number of ether oxygens (including phenoxy) is 1. The topological polar surface area (TPSA) is 75.7 Å². The molecule has 0 radical (unpaired) electrons. The predicted molar refractivity (Wildman–Crippen MR) is 118 cm³/mol. The van der Waals surface area contributed by atoms with Crippen molar-refractivity contribution in [3.05, 3.63) is 66.2 Å². The molecular formula is C22H28N2O4S. The van der Waals surface area contributed by atoms with Crippen LogP contribution in [0.5, 0.6) is 5.75 Å². The van der Waals surface area contributed by atoms with Gasteiger partial charge in [0.2, 0.25) is 15.9 Å². The number of anilines is 2. The van der Waals surface area contributed by atoms with Crippen LogP contribution in [0, 0.1) is 13.8 Å². The molecule has 7 heteroatoms. The Bertz CT molecular complexity index is 953. The van der Waals surface area contributed by atoms with Gasteiger partial charge < -0.3 is 10.1 Å². The van der Waals surface area contributed by atoms with Gasteiger partial charge in [-0.15, -0.1) is 0 Å². The molecule has 29 heavy (non-hydrogen) atoms. The van der Waals surface area contributed by atoms with Gasteiger partial charge in [0, 0.05) is 18.7 Å². The summed E-state index contributed by atoms with van der Waals surface area (Å²) >= 11 is 0. The Labute approximate surface area is 173 Å². The first kappa shape index (κ1) is 22.5. The number of hydrogen-bond donors (Lipinski definition) is 1. The van der Waals surface area contributed by atoms with Crippen molar-refractivity contribution >= 4 is 27.3 Å². The van der Waals surface area contributed by atoms with Crippen molar-refractivity contribution in [3.8, 4) is 5.75 Å². The van der Waals surface area contributed by atoms with Gasteiger partial charge in [0.05, 0.1) is 11.9 Å². The summed E-state index contributed by atoms with van der Waals surface area (Å²) in [7, 11) is -3.45. The van der Waals surface area contributed by atoms with Crippen molar-refractivity contribution in [1.82, 2.24) is 0 Å². The van der Waals surface area contributed by atoms with Gasteiger partial charge in [-0.3, -0.25) is 9.10 Å². The van der Waals surface area contributed by atoms with Gasteiger partial charge in [0.1, 0.15) is 12.4 Å². The average Bonchev–Trinajstić information content (AvgIpc) is 2.66. The Morgan fingerprint density at radius 2 is 1.86 bits per heavy atom. The smallest absolute Gasteiger partial charge is 0.232 e. The molecule has 0 aromatic heterocycles. The van der Waals surface area contributed by atoms with Crippen LogP contribution in [0.2, 0.25) is 0 Å². The summed E-state index contributed by atoms with van der Waals surface area (Å²) in [6.45, 7) is 8.05. The summed E-state index contributed by atoms with van der Waals surface area (Å²) in [5, 5.41) is 2.82. The second-order valence-electron chi connectivity index (χ2n) is 6.90. The molecule has 2 rings (SSSR count). The zero-order chi connectivity index (χ0) is 21.4. The van der Waals surface area contributed by atoms with Crippen molar-refractivity contribution in [2.75, 3.05) is 29.0 Å². The van der Waals surface area contributed by atoms with Crippen LogP contribution in [-0.4, -0.2) is 33.7 Å². The predicted octanol–water partition coefficient (Wildman–Crippen LogP) is 4.05. The molecule has 2 aromatic carbocycles. The molecule has 1 amide bonds. The molecule has 0 aliphatic carbocycles. The number of amides is 1. The van der Waals surface area contributed by atoms with Crippen molar-refractivity contribution in [2.24, 2.45) is 0 Å². The van der Waals surface area contributed by atoms with Gasteiger partial charge in [-0.1, -0.05) is 24.8 Å². The van der Waals surface area contributed by atoms with E-state index < -0.39 is 10.0 Å². The molecular weight excluding hydrogens is 388 g/mol. The zero-order valence-corrected chi connectivity index (χ0v) is 18.0. The van der Waals surface area contributed by atoms with Gasteiger partial charge in [-0.05, 0) is 61.7 Å². The molecule has 6 nitrogen and oxygen atoms in total. The Morgan fingerprint density at radius 3 is 2.48 bits per heavy atom. The molecule has 1 N–H and O–H groups in total. The minimum absolute atomic E-state index is 0.167. The summed E-state index contributed by atoms with van der Waals surface area (Å²) < 4.78 is 31.3. The zero-order valence-electron chi connectivity index (χ0n) is 17.1. The molecule has 0 aliphatic rings. The molecule has 2 aromatic rings. The molecule has 156 valence electrons. The van der Waals surface area contributed by atoms with Crippen molar-refractivity contribution < 1.29 is 17.9 Å². The van der Waals surface area contributed by atoms with Gasteiger partial charge in [0.15, 0.2) is 0 Å². The number of sulfonamides is 1.